The number of nitrogens with one attached hydrogen (secondary N) is 1. The second-order valence-electron chi connectivity index (χ2n) is 5.64. The Labute approximate surface area is 168 Å². The average Bonchev–Trinajstić information content (AvgIpc) is 3.15. The van der Waals surface area contributed by atoms with E-state index < -0.39 is 10.8 Å². The fourth-order valence-electron chi connectivity index (χ4n) is 2.36. The van der Waals surface area contributed by atoms with Crippen molar-refractivity contribution in [2.45, 2.75) is 0 Å². The van der Waals surface area contributed by atoms with Gasteiger partial charge in [-0.25, -0.2) is 0 Å². The topological polar surface area (TPSA) is 109 Å². The number of carbonyl (C=O) groups excluding carboxylic acids is 1. The molecule has 0 bridgehead atoms. The second-order valence-corrected chi connectivity index (χ2v) is 6.55. The largest absolute Gasteiger partial charge is 0.457 e. The summed E-state index contributed by atoms with van der Waals surface area (Å²) in [5, 5.41) is 22.5. The van der Waals surface area contributed by atoms with Gasteiger partial charge in [0.2, 0.25) is 0 Å². The van der Waals surface area contributed by atoms with Crippen LogP contribution in [0.1, 0.15) is 5.76 Å². The first-order valence-electron chi connectivity index (χ1n) is 7.99. The summed E-state index contributed by atoms with van der Waals surface area (Å²) in [5.74, 6) is 0.318. The lowest BCUT2D eigenvalue weighted by Gasteiger charge is -2.03. The van der Waals surface area contributed by atoms with Crippen molar-refractivity contribution in [3.63, 3.8) is 0 Å². The predicted octanol–water partition coefficient (Wildman–Crippen LogP) is 5.16. The molecular weight excluding hydrogens is 426 g/mol. The molecule has 0 atom stereocenters. The normalized spacial score (nSPS) is 10.9. The Kier molecular flexibility index (Phi) is 5.67. The fourth-order valence-corrected chi connectivity index (χ4v) is 2.62. The van der Waals surface area contributed by atoms with E-state index in [4.69, 9.17) is 4.42 Å². The minimum Gasteiger partial charge on any atom is -0.457 e. The number of furan rings is 1. The van der Waals surface area contributed by atoms with Crippen molar-refractivity contribution in [2.75, 3.05) is 5.32 Å². The Bertz CT molecular complexity index is 1090. The van der Waals surface area contributed by atoms with E-state index in [0.29, 0.717) is 17.2 Å². The molecule has 3 rings (SSSR count). The number of hydrogen-bond acceptors (Lipinski definition) is 5. The highest BCUT2D eigenvalue weighted by molar-refractivity contribution is 9.10. The van der Waals surface area contributed by atoms with Crippen LogP contribution in [0, 0.1) is 21.4 Å². The van der Waals surface area contributed by atoms with Gasteiger partial charge in [0, 0.05) is 33.9 Å². The Morgan fingerprint density at radius 2 is 1.79 bits per heavy atom. The zero-order chi connectivity index (χ0) is 20.1. The van der Waals surface area contributed by atoms with Crippen LogP contribution < -0.4 is 5.32 Å². The molecule has 3 aromatic rings. The van der Waals surface area contributed by atoms with E-state index in [9.17, 15) is 20.2 Å². The average molecular weight is 438 g/mol. The number of nitrogens with zero attached hydrogens (tertiary/aromatic N) is 2. The van der Waals surface area contributed by atoms with Crippen molar-refractivity contribution >= 4 is 39.3 Å². The van der Waals surface area contributed by atoms with Crippen LogP contribution in [0.5, 0.6) is 0 Å². The number of hydrogen-bond donors (Lipinski definition) is 1. The number of nitriles is 1. The number of nitro benzene ring substituents is 1. The van der Waals surface area contributed by atoms with E-state index >= 15 is 0 Å². The highest BCUT2D eigenvalue weighted by Gasteiger charge is 2.12. The third-order valence-corrected chi connectivity index (χ3v) is 4.27. The van der Waals surface area contributed by atoms with E-state index in [0.717, 1.165) is 10.0 Å². The molecule has 1 heterocycles. The number of nitro groups is 1. The van der Waals surface area contributed by atoms with Gasteiger partial charge in [-0.05, 0) is 36.4 Å². The second kappa shape index (κ2) is 8.33. The van der Waals surface area contributed by atoms with E-state index in [1.54, 1.807) is 12.1 Å². The van der Waals surface area contributed by atoms with Crippen molar-refractivity contribution in [2.24, 2.45) is 0 Å². The summed E-state index contributed by atoms with van der Waals surface area (Å²) in [6.45, 7) is 0. The third-order valence-electron chi connectivity index (χ3n) is 3.74. The van der Waals surface area contributed by atoms with Crippen LogP contribution in [0.3, 0.4) is 0 Å². The summed E-state index contributed by atoms with van der Waals surface area (Å²) in [4.78, 5) is 22.4. The van der Waals surface area contributed by atoms with Crippen LogP contribution in [0.25, 0.3) is 17.4 Å². The summed E-state index contributed by atoms with van der Waals surface area (Å²) in [6, 6.07) is 18.1. The summed E-state index contributed by atoms with van der Waals surface area (Å²) < 4.78 is 6.63. The molecule has 0 spiro atoms. The number of rotatable bonds is 5. The first-order chi connectivity index (χ1) is 13.5. The van der Waals surface area contributed by atoms with E-state index in [1.807, 2.05) is 30.3 Å². The van der Waals surface area contributed by atoms with E-state index in [2.05, 4.69) is 21.2 Å². The van der Waals surface area contributed by atoms with Crippen molar-refractivity contribution in [1.29, 1.82) is 5.26 Å². The van der Waals surface area contributed by atoms with Gasteiger partial charge in [0.15, 0.2) is 0 Å². The molecule has 1 amide bonds. The molecule has 0 aliphatic rings. The number of carbonyl (C=O) groups is 1. The highest BCUT2D eigenvalue weighted by atomic mass is 79.9. The Balaban J connectivity index is 1.76. The van der Waals surface area contributed by atoms with Gasteiger partial charge in [-0.3, -0.25) is 14.9 Å². The Hall–Kier alpha value is -3.70. The van der Waals surface area contributed by atoms with Crippen LogP contribution in [0.15, 0.2) is 75.1 Å². The maximum atomic E-state index is 12.3. The molecule has 1 aromatic heterocycles. The van der Waals surface area contributed by atoms with Gasteiger partial charge in [0.25, 0.3) is 11.6 Å². The van der Waals surface area contributed by atoms with Crippen LogP contribution in [-0.2, 0) is 4.79 Å². The van der Waals surface area contributed by atoms with Gasteiger partial charge in [-0.15, -0.1) is 0 Å². The first kappa shape index (κ1) is 19.1. The molecule has 7 nitrogen and oxygen atoms in total. The number of anilines is 1. The molecule has 28 heavy (non-hydrogen) atoms. The number of benzene rings is 2. The van der Waals surface area contributed by atoms with Gasteiger partial charge < -0.3 is 9.73 Å². The standard InChI is InChI=1S/C20H12BrN3O4/c21-15-3-1-13(2-4-15)19-10-9-18(28-19)11-14(12-22)20(25)23-16-5-7-17(8-6-16)24(26)27/h1-11H,(H,23,25). The summed E-state index contributed by atoms with van der Waals surface area (Å²) >= 11 is 3.37. The van der Waals surface area contributed by atoms with Gasteiger partial charge in [-0.1, -0.05) is 28.1 Å². The Morgan fingerprint density at radius 1 is 1.11 bits per heavy atom. The lowest BCUT2D eigenvalue weighted by Crippen LogP contribution is -2.13. The number of amides is 1. The molecule has 0 saturated carbocycles. The van der Waals surface area contributed by atoms with Crippen molar-refractivity contribution in [3.05, 3.63) is 86.6 Å². The van der Waals surface area contributed by atoms with E-state index in [1.165, 1.54) is 30.3 Å². The predicted molar refractivity (Wildman–Crippen MR) is 107 cm³/mol. The smallest absolute Gasteiger partial charge is 0.269 e. The molecule has 2 aromatic carbocycles. The highest BCUT2D eigenvalue weighted by Crippen LogP contribution is 2.25. The molecular formula is C20H12BrN3O4. The van der Waals surface area contributed by atoms with Crippen LogP contribution in [0.4, 0.5) is 11.4 Å². The minimum absolute atomic E-state index is 0.0925. The van der Waals surface area contributed by atoms with Crippen LogP contribution in [0.2, 0.25) is 0 Å². The molecule has 0 aliphatic carbocycles. The SMILES string of the molecule is N#CC(=Cc1ccc(-c2ccc(Br)cc2)o1)C(=O)Nc1ccc([N+](=O)[O-])cc1. The molecule has 8 heteroatoms. The lowest BCUT2D eigenvalue weighted by molar-refractivity contribution is -0.384. The molecule has 0 aliphatic heterocycles. The minimum atomic E-state index is -0.641. The molecule has 0 saturated heterocycles. The summed E-state index contributed by atoms with van der Waals surface area (Å²) in [5.41, 5.74) is 0.948. The zero-order valence-electron chi connectivity index (χ0n) is 14.3. The quantitative estimate of drug-likeness (QED) is 0.256. The monoisotopic (exact) mass is 437 g/mol. The third kappa shape index (κ3) is 4.52. The van der Waals surface area contributed by atoms with Crippen molar-refractivity contribution in [3.8, 4) is 17.4 Å². The summed E-state index contributed by atoms with van der Waals surface area (Å²) in [6.07, 6.45) is 1.34. The van der Waals surface area contributed by atoms with Gasteiger partial charge in [0.05, 0.1) is 4.92 Å². The van der Waals surface area contributed by atoms with E-state index in [-0.39, 0.29) is 11.3 Å². The van der Waals surface area contributed by atoms with Gasteiger partial charge in [0.1, 0.15) is 23.2 Å². The van der Waals surface area contributed by atoms with Crippen molar-refractivity contribution in [1.82, 2.24) is 0 Å². The van der Waals surface area contributed by atoms with Gasteiger partial charge >= 0.3 is 0 Å². The van der Waals surface area contributed by atoms with Gasteiger partial charge in [-0.2, -0.15) is 5.26 Å². The number of non-ortho nitro benzene ring substituents is 1. The molecule has 0 radical (unpaired) electrons. The Morgan fingerprint density at radius 3 is 2.39 bits per heavy atom. The van der Waals surface area contributed by atoms with Crippen LogP contribution >= 0.6 is 15.9 Å². The lowest BCUT2D eigenvalue weighted by atomic mass is 10.2. The molecule has 0 unspecified atom stereocenters. The molecule has 1 N–H and O–H groups in total. The maximum absolute atomic E-state index is 12.3. The van der Waals surface area contributed by atoms with Crippen LogP contribution in [-0.4, -0.2) is 10.8 Å². The zero-order valence-corrected chi connectivity index (χ0v) is 15.8. The maximum Gasteiger partial charge on any atom is 0.269 e. The summed E-state index contributed by atoms with van der Waals surface area (Å²) in [7, 11) is 0. The van der Waals surface area contributed by atoms with Crippen molar-refractivity contribution < 1.29 is 14.1 Å². The molecule has 0 fully saturated rings. The fraction of sp³-hybridized carbons (Fsp3) is 0. The number of halogens is 1. The first-order valence-corrected chi connectivity index (χ1v) is 8.79. The molecule has 138 valence electrons.